The van der Waals surface area contributed by atoms with E-state index < -0.39 is 0 Å². The molecule has 0 aromatic rings. The van der Waals surface area contributed by atoms with E-state index in [1.807, 2.05) is 30.3 Å². The van der Waals surface area contributed by atoms with Crippen molar-refractivity contribution in [1.29, 1.82) is 0 Å². The van der Waals surface area contributed by atoms with E-state index in [4.69, 9.17) is 5.73 Å². The lowest BCUT2D eigenvalue weighted by molar-refractivity contribution is 1.25. The van der Waals surface area contributed by atoms with Gasteiger partial charge >= 0.3 is 0 Å². The van der Waals surface area contributed by atoms with Crippen molar-refractivity contribution in [1.82, 2.24) is 15.0 Å². The molecule has 4 nitrogen and oxygen atoms in total. The molecule has 0 fully saturated rings. The van der Waals surface area contributed by atoms with E-state index in [1.54, 1.807) is 6.20 Å². The summed E-state index contributed by atoms with van der Waals surface area (Å²) in [6.45, 7) is 0. The Hall–Kier alpha value is -2.23. The standard InChI is InChI=1S/C11H8N4/c12-11-14-9-5-4-7-2-1-3-8(7)6-13-10(9)15-11/h1-6H,(H2,12,13,14,15). The van der Waals surface area contributed by atoms with E-state index in [0.29, 0.717) is 5.82 Å². The SMILES string of the molecule is Nc1nc2ccc3cccc-3cnc-2n1. The number of nitrogens with two attached hydrogens (primary N) is 1. The molecule has 0 saturated heterocycles. The van der Waals surface area contributed by atoms with Crippen molar-refractivity contribution in [2.75, 3.05) is 5.73 Å². The Bertz CT molecular complexity index is 516. The van der Waals surface area contributed by atoms with Gasteiger partial charge in [0.25, 0.3) is 0 Å². The fourth-order valence-corrected chi connectivity index (χ4v) is 1.59. The topological polar surface area (TPSA) is 64.7 Å². The van der Waals surface area contributed by atoms with Crippen molar-refractivity contribution in [2.45, 2.75) is 0 Å². The average Bonchev–Trinajstić information content (AvgIpc) is 2.76. The van der Waals surface area contributed by atoms with Crippen LogP contribution in [0.5, 0.6) is 0 Å². The lowest BCUT2D eigenvalue weighted by atomic mass is 10.2. The van der Waals surface area contributed by atoms with Crippen LogP contribution in [0.1, 0.15) is 0 Å². The monoisotopic (exact) mass is 196 g/mol. The first kappa shape index (κ1) is 8.11. The van der Waals surface area contributed by atoms with Crippen LogP contribution in [0, 0.1) is 0 Å². The van der Waals surface area contributed by atoms with Crippen molar-refractivity contribution in [2.24, 2.45) is 0 Å². The quantitative estimate of drug-likeness (QED) is 0.594. The second-order valence-corrected chi connectivity index (χ2v) is 3.32. The molecule has 0 saturated carbocycles. The minimum atomic E-state index is 0.267. The summed E-state index contributed by atoms with van der Waals surface area (Å²) in [4.78, 5) is 12.4. The molecule has 1 aliphatic carbocycles. The van der Waals surface area contributed by atoms with Crippen molar-refractivity contribution in [3.63, 3.8) is 0 Å². The van der Waals surface area contributed by atoms with Gasteiger partial charge in [-0.2, -0.15) is 4.98 Å². The molecule has 0 bridgehead atoms. The molecular weight excluding hydrogens is 188 g/mol. The third kappa shape index (κ3) is 1.27. The van der Waals surface area contributed by atoms with Gasteiger partial charge in [0, 0.05) is 11.8 Å². The number of hydrogen-bond acceptors (Lipinski definition) is 4. The normalized spacial score (nSPS) is 10.9. The van der Waals surface area contributed by atoms with Crippen LogP contribution in [0.15, 0.2) is 36.5 Å². The molecule has 0 unspecified atom stereocenters. The summed E-state index contributed by atoms with van der Waals surface area (Å²) in [5.41, 5.74) is 8.44. The summed E-state index contributed by atoms with van der Waals surface area (Å²) in [5, 5.41) is 0. The van der Waals surface area contributed by atoms with Crippen molar-refractivity contribution in [3.05, 3.63) is 36.5 Å². The van der Waals surface area contributed by atoms with Crippen LogP contribution in [-0.2, 0) is 0 Å². The Kier molecular flexibility index (Phi) is 1.56. The number of aromatic nitrogens is 3. The number of anilines is 1. The van der Waals surface area contributed by atoms with Crippen LogP contribution in [0.4, 0.5) is 5.95 Å². The summed E-state index contributed by atoms with van der Waals surface area (Å²) in [6.07, 6.45) is 1.78. The van der Waals surface area contributed by atoms with Gasteiger partial charge in [-0.1, -0.05) is 24.3 Å². The van der Waals surface area contributed by atoms with Gasteiger partial charge in [0.2, 0.25) is 5.95 Å². The molecule has 0 amide bonds. The van der Waals surface area contributed by atoms with Crippen LogP contribution < -0.4 is 5.73 Å². The van der Waals surface area contributed by atoms with Gasteiger partial charge in [-0.3, -0.25) is 0 Å². The zero-order valence-corrected chi connectivity index (χ0v) is 7.88. The first-order valence-electron chi connectivity index (χ1n) is 4.61. The molecule has 72 valence electrons. The van der Waals surface area contributed by atoms with Crippen molar-refractivity contribution in [3.8, 4) is 22.6 Å². The van der Waals surface area contributed by atoms with E-state index >= 15 is 0 Å². The highest BCUT2D eigenvalue weighted by Gasteiger charge is 2.08. The van der Waals surface area contributed by atoms with Crippen molar-refractivity contribution >= 4 is 5.95 Å². The van der Waals surface area contributed by atoms with Gasteiger partial charge in [-0.25, -0.2) is 9.97 Å². The Morgan fingerprint density at radius 2 is 1.80 bits per heavy atom. The summed E-state index contributed by atoms with van der Waals surface area (Å²) >= 11 is 0. The molecule has 0 spiro atoms. The highest BCUT2D eigenvalue weighted by atomic mass is 15.1. The van der Waals surface area contributed by atoms with E-state index in [2.05, 4.69) is 15.0 Å². The predicted molar refractivity (Wildman–Crippen MR) is 57.5 cm³/mol. The van der Waals surface area contributed by atoms with Crippen LogP contribution in [0.25, 0.3) is 22.6 Å². The maximum atomic E-state index is 5.51. The molecule has 3 rings (SSSR count). The Balaban J connectivity index is 2.32. The maximum absolute atomic E-state index is 5.51. The summed E-state index contributed by atoms with van der Waals surface area (Å²) < 4.78 is 0. The minimum absolute atomic E-state index is 0.267. The highest BCUT2D eigenvalue weighted by Crippen LogP contribution is 2.23. The zero-order chi connectivity index (χ0) is 10.3. The molecule has 0 atom stereocenters. The Labute approximate surface area is 86.5 Å². The summed E-state index contributed by atoms with van der Waals surface area (Å²) in [5.74, 6) is 0.846. The third-order valence-corrected chi connectivity index (χ3v) is 2.32. The van der Waals surface area contributed by atoms with Gasteiger partial charge in [0.1, 0.15) is 5.69 Å². The van der Waals surface area contributed by atoms with Gasteiger partial charge in [0.05, 0.1) is 0 Å². The van der Waals surface area contributed by atoms with Crippen molar-refractivity contribution < 1.29 is 0 Å². The van der Waals surface area contributed by atoms with E-state index in [9.17, 15) is 0 Å². The van der Waals surface area contributed by atoms with Gasteiger partial charge in [-0.05, 0) is 11.6 Å². The largest absolute Gasteiger partial charge is 0.368 e. The summed E-state index contributed by atoms with van der Waals surface area (Å²) in [6, 6.07) is 9.91. The number of rotatable bonds is 0. The molecule has 3 aliphatic rings. The fourth-order valence-electron chi connectivity index (χ4n) is 1.59. The van der Waals surface area contributed by atoms with E-state index in [-0.39, 0.29) is 5.95 Å². The first-order valence-corrected chi connectivity index (χ1v) is 4.61. The summed E-state index contributed by atoms with van der Waals surface area (Å²) in [7, 11) is 0. The molecule has 0 radical (unpaired) electrons. The van der Waals surface area contributed by atoms with Crippen LogP contribution in [0.2, 0.25) is 0 Å². The van der Waals surface area contributed by atoms with Gasteiger partial charge in [-0.15, -0.1) is 0 Å². The minimum Gasteiger partial charge on any atom is -0.368 e. The number of fused-ring (bicyclic) bond motifs is 2. The molecule has 15 heavy (non-hydrogen) atoms. The molecular formula is C11H8N4. The first-order chi connectivity index (χ1) is 7.33. The third-order valence-electron chi connectivity index (χ3n) is 2.32. The van der Waals surface area contributed by atoms with Gasteiger partial charge < -0.3 is 5.73 Å². The Morgan fingerprint density at radius 3 is 2.73 bits per heavy atom. The average molecular weight is 196 g/mol. The molecule has 0 aromatic carbocycles. The lowest BCUT2D eigenvalue weighted by Crippen LogP contribution is -1.84. The molecule has 2 aliphatic heterocycles. The second-order valence-electron chi connectivity index (χ2n) is 3.32. The van der Waals surface area contributed by atoms with E-state index in [0.717, 1.165) is 16.8 Å². The van der Waals surface area contributed by atoms with E-state index in [1.165, 1.54) is 0 Å². The molecule has 4 heteroatoms. The molecule has 0 aromatic heterocycles. The predicted octanol–water partition coefficient (Wildman–Crippen LogP) is 1.66. The van der Waals surface area contributed by atoms with Gasteiger partial charge in [0.15, 0.2) is 5.82 Å². The van der Waals surface area contributed by atoms with Crippen LogP contribution >= 0.6 is 0 Å². The van der Waals surface area contributed by atoms with Crippen LogP contribution in [-0.4, -0.2) is 15.0 Å². The Morgan fingerprint density at radius 1 is 0.933 bits per heavy atom. The number of imidazole rings is 1. The lowest BCUT2D eigenvalue weighted by Gasteiger charge is -1.94. The maximum Gasteiger partial charge on any atom is 0.222 e. The highest BCUT2D eigenvalue weighted by molar-refractivity contribution is 5.67. The number of nitrogen functional groups attached to an aromatic ring is 1. The molecule has 2 N–H and O–H groups in total. The number of hydrogen-bond donors (Lipinski definition) is 1. The number of nitrogens with zero attached hydrogens (tertiary/aromatic N) is 3. The molecule has 2 heterocycles. The zero-order valence-electron chi connectivity index (χ0n) is 7.88. The fraction of sp³-hybridized carbons (Fsp3) is 0. The second kappa shape index (κ2) is 2.88. The smallest absolute Gasteiger partial charge is 0.222 e. The van der Waals surface area contributed by atoms with Crippen LogP contribution in [0.3, 0.4) is 0 Å².